The molecule has 0 aromatic heterocycles. The first-order valence-corrected chi connectivity index (χ1v) is 8.68. The van der Waals surface area contributed by atoms with E-state index in [9.17, 15) is 14.4 Å². The van der Waals surface area contributed by atoms with Crippen molar-refractivity contribution < 1.29 is 19.1 Å². The van der Waals surface area contributed by atoms with E-state index in [1.807, 2.05) is 12.1 Å². The van der Waals surface area contributed by atoms with E-state index in [2.05, 4.69) is 10.6 Å². The zero-order valence-corrected chi connectivity index (χ0v) is 15.4. The number of urea groups is 1. The molecule has 3 amide bonds. The Bertz CT molecular complexity index is 585. The van der Waals surface area contributed by atoms with Crippen LogP contribution in [0.15, 0.2) is 29.2 Å². The zero-order valence-electron chi connectivity index (χ0n) is 13.8. The third-order valence-corrected chi connectivity index (χ3v) is 3.76. The van der Waals surface area contributed by atoms with Crippen LogP contribution in [-0.2, 0) is 14.3 Å². The van der Waals surface area contributed by atoms with Crippen molar-refractivity contribution in [1.29, 1.82) is 0 Å². The average Bonchev–Trinajstić information content (AvgIpc) is 2.45. The van der Waals surface area contributed by atoms with Crippen LogP contribution in [-0.4, -0.2) is 35.8 Å². The fraction of sp³-hybridized carbons (Fsp3) is 0.438. The summed E-state index contributed by atoms with van der Waals surface area (Å²) in [5.41, 5.74) is -0.458. The van der Waals surface area contributed by atoms with E-state index in [-0.39, 0.29) is 6.42 Å². The van der Waals surface area contributed by atoms with Gasteiger partial charge >= 0.3 is 12.0 Å². The Labute approximate surface area is 150 Å². The molecular formula is C16H21ClN2O4S. The Morgan fingerprint density at radius 1 is 1.17 bits per heavy atom. The third-order valence-electron chi connectivity index (χ3n) is 2.49. The van der Waals surface area contributed by atoms with Gasteiger partial charge in [-0.25, -0.2) is 4.79 Å². The summed E-state index contributed by atoms with van der Waals surface area (Å²) >= 11 is 7.27. The predicted molar refractivity (Wildman–Crippen MR) is 94.2 cm³/mol. The highest BCUT2D eigenvalue weighted by Gasteiger charge is 2.16. The summed E-state index contributed by atoms with van der Waals surface area (Å²) in [5, 5.41) is 5.32. The molecule has 6 nitrogen and oxygen atoms in total. The standard InChI is InChI=1S/C16H21ClN2O4S/c1-16(2,3)19-15(22)18-13(20)10-23-14(21)8-9-24-12-6-4-11(17)5-7-12/h4-7H,8-10H2,1-3H3,(H2,18,19,20,22). The number of rotatable bonds is 6. The van der Waals surface area contributed by atoms with Gasteiger partial charge in [0.25, 0.3) is 5.91 Å². The van der Waals surface area contributed by atoms with Crippen molar-refractivity contribution in [3.8, 4) is 0 Å². The molecule has 8 heteroatoms. The average molecular weight is 373 g/mol. The van der Waals surface area contributed by atoms with E-state index in [1.165, 1.54) is 11.8 Å². The second-order valence-corrected chi connectivity index (χ2v) is 7.57. The molecule has 0 aliphatic carbocycles. The van der Waals surface area contributed by atoms with E-state index >= 15 is 0 Å². The molecule has 0 aliphatic rings. The number of esters is 1. The van der Waals surface area contributed by atoms with Crippen molar-refractivity contribution in [2.45, 2.75) is 37.6 Å². The van der Waals surface area contributed by atoms with Crippen LogP contribution < -0.4 is 10.6 Å². The topological polar surface area (TPSA) is 84.5 Å². The molecule has 0 spiro atoms. The van der Waals surface area contributed by atoms with Gasteiger partial charge in [-0.1, -0.05) is 11.6 Å². The first-order chi connectivity index (χ1) is 11.2. The molecule has 0 radical (unpaired) electrons. The molecule has 0 atom stereocenters. The molecule has 0 bridgehead atoms. The number of thioether (sulfide) groups is 1. The van der Waals surface area contributed by atoms with Crippen LogP contribution in [0.2, 0.25) is 5.02 Å². The highest BCUT2D eigenvalue weighted by Crippen LogP contribution is 2.20. The van der Waals surface area contributed by atoms with Gasteiger partial charge in [0, 0.05) is 21.2 Å². The zero-order chi connectivity index (χ0) is 18.2. The van der Waals surface area contributed by atoms with Gasteiger partial charge in [-0.05, 0) is 45.0 Å². The normalized spacial score (nSPS) is 10.8. The smallest absolute Gasteiger partial charge is 0.321 e. The lowest BCUT2D eigenvalue weighted by Crippen LogP contribution is -2.49. The number of ether oxygens (including phenoxy) is 1. The van der Waals surface area contributed by atoms with Crippen LogP contribution in [0, 0.1) is 0 Å². The monoisotopic (exact) mass is 372 g/mol. The van der Waals surface area contributed by atoms with Crippen LogP contribution in [0.1, 0.15) is 27.2 Å². The highest BCUT2D eigenvalue weighted by atomic mass is 35.5. The highest BCUT2D eigenvalue weighted by molar-refractivity contribution is 7.99. The second kappa shape index (κ2) is 9.54. The molecular weight excluding hydrogens is 352 g/mol. The van der Waals surface area contributed by atoms with Crippen LogP contribution in [0.3, 0.4) is 0 Å². The minimum Gasteiger partial charge on any atom is -0.456 e. The van der Waals surface area contributed by atoms with Gasteiger partial charge in [0.15, 0.2) is 6.61 Å². The number of carbonyl (C=O) groups excluding carboxylic acids is 3. The van der Waals surface area contributed by atoms with E-state index in [0.29, 0.717) is 10.8 Å². The first-order valence-electron chi connectivity index (χ1n) is 7.32. The summed E-state index contributed by atoms with van der Waals surface area (Å²) in [6.07, 6.45) is 0.161. The molecule has 0 unspecified atom stereocenters. The Morgan fingerprint density at radius 3 is 2.38 bits per heavy atom. The Kier molecular flexibility index (Phi) is 8.07. The van der Waals surface area contributed by atoms with Gasteiger partial charge in [-0.2, -0.15) is 0 Å². The van der Waals surface area contributed by atoms with Crippen LogP contribution in [0.25, 0.3) is 0 Å². The lowest BCUT2D eigenvalue weighted by Gasteiger charge is -2.20. The van der Waals surface area contributed by atoms with Crippen LogP contribution >= 0.6 is 23.4 Å². The minimum absolute atomic E-state index is 0.161. The number of amides is 3. The van der Waals surface area contributed by atoms with Gasteiger partial charge in [0.1, 0.15) is 0 Å². The Hall–Kier alpha value is -1.73. The first kappa shape index (κ1) is 20.3. The Morgan fingerprint density at radius 2 is 1.79 bits per heavy atom. The molecule has 1 aromatic rings. The van der Waals surface area contributed by atoms with Gasteiger partial charge in [0.05, 0.1) is 6.42 Å². The van der Waals surface area contributed by atoms with E-state index in [1.54, 1.807) is 32.9 Å². The van der Waals surface area contributed by atoms with Gasteiger partial charge in [-0.15, -0.1) is 11.8 Å². The van der Waals surface area contributed by atoms with Crippen molar-refractivity contribution >= 4 is 41.3 Å². The summed E-state index contributed by atoms with van der Waals surface area (Å²) in [7, 11) is 0. The predicted octanol–water partition coefficient (Wildman–Crippen LogP) is 2.99. The molecule has 0 aliphatic heterocycles. The maximum Gasteiger partial charge on any atom is 0.321 e. The summed E-state index contributed by atoms with van der Waals surface area (Å²) < 4.78 is 4.83. The van der Waals surface area contributed by atoms with E-state index in [4.69, 9.17) is 16.3 Å². The summed E-state index contributed by atoms with van der Waals surface area (Å²) in [4.78, 5) is 35.5. The van der Waals surface area contributed by atoms with Gasteiger partial charge in [0.2, 0.25) is 0 Å². The van der Waals surface area contributed by atoms with Crippen molar-refractivity contribution in [2.75, 3.05) is 12.4 Å². The number of halogens is 1. The third kappa shape index (κ3) is 9.42. The molecule has 24 heavy (non-hydrogen) atoms. The number of hydrogen-bond donors (Lipinski definition) is 2. The number of hydrogen-bond acceptors (Lipinski definition) is 5. The van der Waals surface area contributed by atoms with E-state index < -0.39 is 30.1 Å². The lowest BCUT2D eigenvalue weighted by molar-refractivity contribution is -0.147. The van der Waals surface area contributed by atoms with Gasteiger partial charge in [-0.3, -0.25) is 14.9 Å². The van der Waals surface area contributed by atoms with Crippen molar-refractivity contribution in [1.82, 2.24) is 10.6 Å². The molecule has 0 heterocycles. The summed E-state index contributed by atoms with van der Waals surface area (Å²) in [6.45, 7) is 4.88. The molecule has 0 fully saturated rings. The summed E-state index contributed by atoms with van der Waals surface area (Å²) in [5.74, 6) is -0.648. The molecule has 132 valence electrons. The fourth-order valence-electron chi connectivity index (χ4n) is 1.54. The molecule has 2 N–H and O–H groups in total. The van der Waals surface area contributed by atoms with Crippen molar-refractivity contribution in [3.05, 3.63) is 29.3 Å². The maximum atomic E-state index is 11.6. The van der Waals surface area contributed by atoms with Crippen LogP contribution in [0.4, 0.5) is 4.79 Å². The number of carbonyl (C=O) groups is 3. The molecule has 0 saturated heterocycles. The van der Waals surface area contributed by atoms with Gasteiger partial charge < -0.3 is 10.1 Å². The second-order valence-electron chi connectivity index (χ2n) is 5.97. The number of imide groups is 1. The van der Waals surface area contributed by atoms with E-state index in [0.717, 1.165) is 4.90 Å². The lowest BCUT2D eigenvalue weighted by atomic mass is 10.1. The summed E-state index contributed by atoms with van der Waals surface area (Å²) in [6, 6.07) is 6.64. The molecule has 1 aromatic carbocycles. The fourth-order valence-corrected chi connectivity index (χ4v) is 2.49. The SMILES string of the molecule is CC(C)(C)NC(=O)NC(=O)COC(=O)CCSc1ccc(Cl)cc1. The largest absolute Gasteiger partial charge is 0.456 e. The maximum absolute atomic E-state index is 11.6. The Balaban J connectivity index is 2.20. The number of benzene rings is 1. The van der Waals surface area contributed by atoms with Crippen LogP contribution in [0.5, 0.6) is 0 Å². The van der Waals surface area contributed by atoms with Crippen molar-refractivity contribution in [2.24, 2.45) is 0 Å². The quantitative estimate of drug-likeness (QED) is 0.592. The van der Waals surface area contributed by atoms with Crippen molar-refractivity contribution in [3.63, 3.8) is 0 Å². The molecule has 1 rings (SSSR count). The minimum atomic E-state index is -0.671. The number of nitrogens with one attached hydrogen (secondary N) is 2. The molecule has 0 saturated carbocycles.